The monoisotopic (exact) mass is 397 g/mol. The fourth-order valence-corrected chi connectivity index (χ4v) is 3.35. The fourth-order valence-electron chi connectivity index (χ4n) is 3.35. The molecule has 3 N–H and O–H groups in total. The Morgan fingerprint density at radius 3 is 2.45 bits per heavy atom. The van der Waals surface area contributed by atoms with Gasteiger partial charge in [0.15, 0.2) is 0 Å². The van der Waals surface area contributed by atoms with Gasteiger partial charge in [-0.2, -0.15) is 0 Å². The molecule has 29 heavy (non-hydrogen) atoms. The summed E-state index contributed by atoms with van der Waals surface area (Å²) in [6.45, 7) is 2.31. The number of nitrogens with zero attached hydrogens (tertiary/aromatic N) is 1. The van der Waals surface area contributed by atoms with Gasteiger partial charge in [0.25, 0.3) is 0 Å². The highest BCUT2D eigenvalue weighted by Crippen LogP contribution is 2.23. The number of carbonyl (C=O) groups is 2. The lowest BCUT2D eigenvalue weighted by Gasteiger charge is -2.18. The van der Waals surface area contributed by atoms with Gasteiger partial charge in [0, 0.05) is 18.3 Å². The SMILES string of the molecule is CC[C@H](O)C(=O)N[C@@H]1C[C@@H](C(=O)Nc2ccc(Oc3ccccc3)cc2)N(C)C1. The predicted molar refractivity (Wildman–Crippen MR) is 111 cm³/mol. The van der Waals surface area contributed by atoms with Crippen LogP contribution in [0.5, 0.6) is 11.5 Å². The number of nitrogens with one attached hydrogen (secondary N) is 2. The van der Waals surface area contributed by atoms with Crippen LogP contribution in [0.4, 0.5) is 5.69 Å². The summed E-state index contributed by atoms with van der Waals surface area (Å²) in [5.74, 6) is 0.917. The van der Waals surface area contributed by atoms with Gasteiger partial charge in [0.2, 0.25) is 11.8 Å². The van der Waals surface area contributed by atoms with Crippen molar-refractivity contribution in [3.8, 4) is 11.5 Å². The number of likely N-dealkylation sites (N-methyl/N-ethyl adjacent to an activating group) is 1. The summed E-state index contributed by atoms with van der Waals surface area (Å²) in [7, 11) is 1.85. The normalized spacial score (nSPS) is 20.1. The molecule has 1 heterocycles. The van der Waals surface area contributed by atoms with E-state index in [0.29, 0.717) is 30.8 Å². The lowest BCUT2D eigenvalue weighted by Crippen LogP contribution is -2.42. The number of hydrogen-bond acceptors (Lipinski definition) is 5. The summed E-state index contributed by atoms with van der Waals surface area (Å²) in [6.07, 6.45) is -0.146. The van der Waals surface area contributed by atoms with Crippen molar-refractivity contribution in [2.75, 3.05) is 18.9 Å². The van der Waals surface area contributed by atoms with Crippen molar-refractivity contribution in [3.05, 3.63) is 54.6 Å². The average molecular weight is 397 g/mol. The minimum absolute atomic E-state index is 0.128. The minimum atomic E-state index is -1.01. The molecule has 0 radical (unpaired) electrons. The van der Waals surface area contributed by atoms with E-state index < -0.39 is 6.10 Å². The van der Waals surface area contributed by atoms with Crippen molar-refractivity contribution >= 4 is 17.5 Å². The van der Waals surface area contributed by atoms with Crippen LogP contribution in [-0.4, -0.2) is 53.6 Å². The second-order valence-electron chi connectivity index (χ2n) is 7.25. The summed E-state index contributed by atoms with van der Waals surface area (Å²) in [5, 5.41) is 15.4. The Morgan fingerprint density at radius 2 is 1.79 bits per heavy atom. The smallest absolute Gasteiger partial charge is 0.249 e. The number of aliphatic hydroxyl groups excluding tert-OH is 1. The van der Waals surface area contributed by atoms with Crippen molar-refractivity contribution in [2.45, 2.75) is 38.0 Å². The highest BCUT2D eigenvalue weighted by molar-refractivity contribution is 5.95. The maximum absolute atomic E-state index is 12.7. The first kappa shape index (κ1) is 20.8. The number of anilines is 1. The molecule has 2 aromatic carbocycles. The van der Waals surface area contributed by atoms with Crippen molar-refractivity contribution in [1.82, 2.24) is 10.2 Å². The van der Waals surface area contributed by atoms with Gasteiger partial charge in [-0.05, 0) is 56.3 Å². The zero-order valence-electron chi connectivity index (χ0n) is 16.7. The zero-order chi connectivity index (χ0) is 20.8. The van der Waals surface area contributed by atoms with Crippen molar-refractivity contribution in [2.24, 2.45) is 0 Å². The first-order chi connectivity index (χ1) is 14.0. The number of rotatable bonds is 7. The Bertz CT molecular complexity index is 826. The lowest BCUT2D eigenvalue weighted by atomic mass is 10.1. The van der Waals surface area contributed by atoms with Crippen molar-refractivity contribution in [1.29, 1.82) is 0 Å². The number of aliphatic hydroxyl groups is 1. The second-order valence-corrected chi connectivity index (χ2v) is 7.25. The van der Waals surface area contributed by atoms with Gasteiger partial charge in [-0.25, -0.2) is 0 Å². The molecule has 0 saturated carbocycles. The third-order valence-electron chi connectivity index (χ3n) is 4.99. The van der Waals surface area contributed by atoms with Crippen LogP contribution in [0.3, 0.4) is 0 Å². The molecule has 154 valence electrons. The molecule has 0 aromatic heterocycles. The van der Waals surface area contributed by atoms with Crippen LogP contribution in [-0.2, 0) is 9.59 Å². The van der Waals surface area contributed by atoms with E-state index in [9.17, 15) is 14.7 Å². The van der Waals surface area contributed by atoms with Crippen LogP contribution in [0, 0.1) is 0 Å². The Kier molecular flexibility index (Phi) is 6.85. The molecule has 2 aromatic rings. The molecule has 1 fully saturated rings. The van der Waals surface area contributed by atoms with Gasteiger partial charge >= 0.3 is 0 Å². The number of para-hydroxylation sites is 1. The summed E-state index contributed by atoms with van der Waals surface area (Å²) in [6, 6.07) is 16.2. The topological polar surface area (TPSA) is 90.9 Å². The van der Waals surface area contributed by atoms with Crippen LogP contribution in [0.15, 0.2) is 54.6 Å². The number of hydrogen-bond donors (Lipinski definition) is 3. The number of carbonyl (C=O) groups excluding carboxylic acids is 2. The summed E-state index contributed by atoms with van der Waals surface area (Å²) in [4.78, 5) is 26.5. The second kappa shape index (κ2) is 9.54. The molecule has 1 aliphatic rings. The van der Waals surface area contributed by atoms with E-state index in [4.69, 9.17) is 4.74 Å². The highest BCUT2D eigenvalue weighted by Gasteiger charge is 2.35. The first-order valence-electron chi connectivity index (χ1n) is 9.78. The Balaban J connectivity index is 1.53. The van der Waals surface area contributed by atoms with Gasteiger partial charge in [0.05, 0.1) is 6.04 Å². The van der Waals surface area contributed by atoms with E-state index in [2.05, 4.69) is 10.6 Å². The van der Waals surface area contributed by atoms with Crippen LogP contribution in [0.2, 0.25) is 0 Å². The first-order valence-corrected chi connectivity index (χ1v) is 9.78. The number of amides is 2. The largest absolute Gasteiger partial charge is 0.457 e. The van der Waals surface area contributed by atoms with E-state index in [1.807, 2.05) is 42.3 Å². The van der Waals surface area contributed by atoms with Gasteiger partial charge in [-0.3, -0.25) is 14.5 Å². The number of ether oxygens (including phenoxy) is 1. The van der Waals surface area contributed by atoms with Crippen LogP contribution in [0.25, 0.3) is 0 Å². The number of benzene rings is 2. The highest BCUT2D eigenvalue weighted by atomic mass is 16.5. The van der Waals surface area contributed by atoms with E-state index in [1.165, 1.54) is 0 Å². The lowest BCUT2D eigenvalue weighted by molar-refractivity contribution is -0.130. The third kappa shape index (κ3) is 5.56. The Hall–Kier alpha value is -2.90. The molecule has 2 amide bonds. The van der Waals surface area contributed by atoms with E-state index in [0.717, 1.165) is 5.75 Å². The maximum Gasteiger partial charge on any atom is 0.249 e. The fraction of sp³-hybridized carbons (Fsp3) is 0.364. The summed E-state index contributed by atoms with van der Waals surface area (Å²) in [5.41, 5.74) is 0.678. The molecule has 1 aliphatic heterocycles. The molecular formula is C22H27N3O4. The standard InChI is InChI=1S/C22H27N3O4/c1-3-20(26)22(28)24-16-13-19(25(2)14-16)21(27)23-15-9-11-18(12-10-15)29-17-7-5-4-6-8-17/h4-12,16,19-20,26H,3,13-14H2,1-2H3,(H,23,27)(H,24,28)/t16-,19+,20+/m1/s1. The van der Waals surface area contributed by atoms with Gasteiger partial charge in [-0.15, -0.1) is 0 Å². The molecule has 1 saturated heterocycles. The van der Waals surface area contributed by atoms with Crippen LogP contribution >= 0.6 is 0 Å². The van der Waals surface area contributed by atoms with Gasteiger partial charge < -0.3 is 20.5 Å². The molecule has 0 spiro atoms. The molecule has 0 bridgehead atoms. The molecule has 3 rings (SSSR count). The molecule has 0 unspecified atom stereocenters. The van der Waals surface area contributed by atoms with E-state index >= 15 is 0 Å². The van der Waals surface area contributed by atoms with Crippen molar-refractivity contribution in [3.63, 3.8) is 0 Å². The molecule has 0 aliphatic carbocycles. The van der Waals surface area contributed by atoms with E-state index in [1.54, 1.807) is 31.2 Å². The predicted octanol–water partition coefficient (Wildman–Crippen LogP) is 2.38. The summed E-state index contributed by atoms with van der Waals surface area (Å²) >= 11 is 0. The zero-order valence-corrected chi connectivity index (χ0v) is 16.7. The quantitative estimate of drug-likeness (QED) is 0.667. The molecule has 7 nitrogen and oxygen atoms in total. The Morgan fingerprint density at radius 1 is 1.14 bits per heavy atom. The Labute approximate surface area is 170 Å². The number of likely N-dealkylation sites (tertiary alicyclic amines) is 1. The molecule has 3 atom stereocenters. The maximum atomic E-state index is 12.7. The molecular weight excluding hydrogens is 370 g/mol. The average Bonchev–Trinajstić information content (AvgIpc) is 3.09. The van der Waals surface area contributed by atoms with Crippen LogP contribution < -0.4 is 15.4 Å². The van der Waals surface area contributed by atoms with Crippen molar-refractivity contribution < 1.29 is 19.4 Å². The molecule has 7 heteroatoms. The van der Waals surface area contributed by atoms with Gasteiger partial charge in [-0.1, -0.05) is 25.1 Å². The summed E-state index contributed by atoms with van der Waals surface area (Å²) < 4.78 is 5.75. The third-order valence-corrected chi connectivity index (χ3v) is 4.99. The van der Waals surface area contributed by atoms with Gasteiger partial charge in [0.1, 0.15) is 17.6 Å². The minimum Gasteiger partial charge on any atom is -0.457 e. The van der Waals surface area contributed by atoms with Crippen LogP contribution in [0.1, 0.15) is 19.8 Å². The van der Waals surface area contributed by atoms with E-state index in [-0.39, 0.29) is 23.9 Å².